The second-order valence-corrected chi connectivity index (χ2v) is 5.70. The number of imide groups is 1. The zero-order valence-electron chi connectivity index (χ0n) is 12.0. The number of halogens is 1. The van der Waals surface area contributed by atoms with Crippen LogP contribution >= 0.6 is 11.6 Å². The molecule has 3 heterocycles. The van der Waals surface area contributed by atoms with E-state index in [1.807, 2.05) is 0 Å². The quantitative estimate of drug-likeness (QED) is 0.515. The summed E-state index contributed by atoms with van der Waals surface area (Å²) in [6.45, 7) is 0. The lowest BCUT2D eigenvalue weighted by molar-refractivity contribution is 0.0880. The zero-order valence-corrected chi connectivity index (χ0v) is 12.8. The van der Waals surface area contributed by atoms with Crippen molar-refractivity contribution < 1.29 is 9.59 Å². The van der Waals surface area contributed by atoms with Crippen LogP contribution in [-0.2, 0) is 0 Å². The fourth-order valence-electron chi connectivity index (χ4n) is 2.79. The molecule has 0 aliphatic carbocycles. The lowest BCUT2D eigenvalue weighted by atomic mass is 10.1. The maximum Gasteiger partial charge on any atom is 0.262 e. The number of nitrogens with one attached hydrogen (secondary N) is 1. The van der Waals surface area contributed by atoms with E-state index < -0.39 is 17.4 Å². The van der Waals surface area contributed by atoms with Crippen molar-refractivity contribution in [2.75, 3.05) is 5.73 Å². The summed E-state index contributed by atoms with van der Waals surface area (Å²) in [4.78, 5) is 40.0. The number of aromatic nitrogens is 2. The third kappa shape index (κ3) is 1.99. The fraction of sp³-hybridized carbons (Fsp3) is 0. The number of carbonyl (C=O) groups is 2. The van der Waals surface area contributed by atoms with Crippen molar-refractivity contribution >= 4 is 40.0 Å². The molecule has 0 spiro atoms. The minimum Gasteiger partial charge on any atom is -0.384 e. The Morgan fingerprint density at radius 2 is 1.83 bits per heavy atom. The second kappa shape index (κ2) is 4.90. The third-order valence-corrected chi connectivity index (χ3v) is 4.09. The van der Waals surface area contributed by atoms with E-state index in [2.05, 4.69) is 10.3 Å². The fourth-order valence-corrected chi connectivity index (χ4v) is 2.95. The predicted octanol–water partition coefficient (Wildman–Crippen LogP) is 1.50. The highest BCUT2D eigenvalue weighted by atomic mass is 35.5. The Morgan fingerprint density at radius 3 is 2.62 bits per heavy atom. The van der Waals surface area contributed by atoms with Crippen molar-refractivity contribution in [1.29, 1.82) is 0 Å². The highest BCUT2D eigenvalue weighted by Gasteiger charge is 2.31. The Kier molecular flexibility index (Phi) is 2.94. The molecule has 0 saturated heterocycles. The summed E-state index contributed by atoms with van der Waals surface area (Å²) in [6.07, 6.45) is 1.61. The third-order valence-electron chi connectivity index (χ3n) is 3.88. The molecule has 0 atom stereocenters. The molecule has 3 N–H and O–H groups in total. The van der Waals surface area contributed by atoms with Gasteiger partial charge in [-0.15, -0.1) is 0 Å². The predicted molar refractivity (Wildman–Crippen MR) is 88.6 cm³/mol. The normalized spacial score (nSPS) is 13.2. The van der Waals surface area contributed by atoms with Crippen LogP contribution in [0.15, 0.2) is 41.3 Å². The summed E-state index contributed by atoms with van der Waals surface area (Å²) < 4.78 is 1.19. The average Bonchev–Trinajstić information content (AvgIpc) is 2.81. The maximum absolute atomic E-state index is 12.4. The van der Waals surface area contributed by atoms with Crippen molar-refractivity contribution in [3.63, 3.8) is 0 Å². The van der Waals surface area contributed by atoms with E-state index >= 15 is 0 Å². The van der Waals surface area contributed by atoms with Gasteiger partial charge in [0.1, 0.15) is 11.0 Å². The van der Waals surface area contributed by atoms with Crippen molar-refractivity contribution in [3.05, 3.63) is 63.2 Å². The number of rotatable bonds is 1. The highest BCUT2D eigenvalue weighted by molar-refractivity contribution is 6.30. The van der Waals surface area contributed by atoms with Crippen molar-refractivity contribution in [1.82, 2.24) is 14.9 Å². The second-order valence-electron chi connectivity index (χ2n) is 5.31. The molecule has 8 heteroatoms. The Labute approximate surface area is 139 Å². The van der Waals surface area contributed by atoms with E-state index in [1.54, 1.807) is 30.5 Å². The van der Waals surface area contributed by atoms with Gasteiger partial charge in [-0.2, -0.15) is 0 Å². The van der Waals surface area contributed by atoms with E-state index in [1.165, 1.54) is 4.57 Å². The number of nitrogen functional groups attached to an aromatic ring is 1. The minimum atomic E-state index is -0.623. The number of nitrogens with zero attached hydrogens (tertiary/aromatic N) is 2. The summed E-state index contributed by atoms with van der Waals surface area (Å²) in [6, 6.07) is 7.91. The first-order chi connectivity index (χ1) is 11.5. The number of benzene rings is 1. The van der Waals surface area contributed by atoms with Gasteiger partial charge in [-0.3, -0.25) is 24.3 Å². The van der Waals surface area contributed by atoms with Crippen LogP contribution in [0.1, 0.15) is 20.7 Å². The van der Waals surface area contributed by atoms with Crippen molar-refractivity contribution in [2.45, 2.75) is 0 Å². The molecule has 0 radical (unpaired) electrons. The number of amides is 2. The monoisotopic (exact) mass is 340 g/mol. The largest absolute Gasteiger partial charge is 0.384 e. The van der Waals surface area contributed by atoms with Gasteiger partial charge in [0.05, 0.1) is 16.8 Å². The van der Waals surface area contributed by atoms with Crippen LogP contribution in [0.3, 0.4) is 0 Å². The lowest BCUT2D eigenvalue weighted by Gasteiger charge is -2.12. The summed E-state index contributed by atoms with van der Waals surface area (Å²) in [5.41, 5.74) is 5.96. The first kappa shape index (κ1) is 14.4. The molecule has 0 bridgehead atoms. The van der Waals surface area contributed by atoms with Gasteiger partial charge >= 0.3 is 0 Å². The first-order valence-corrected chi connectivity index (χ1v) is 7.30. The van der Waals surface area contributed by atoms with Gasteiger partial charge in [0.25, 0.3) is 17.4 Å². The van der Waals surface area contributed by atoms with Crippen molar-refractivity contribution in [2.24, 2.45) is 0 Å². The van der Waals surface area contributed by atoms with Gasteiger partial charge < -0.3 is 5.73 Å². The number of fused-ring (bicyclic) bond motifs is 2. The Morgan fingerprint density at radius 1 is 1.04 bits per heavy atom. The van der Waals surface area contributed by atoms with Crippen LogP contribution in [0.5, 0.6) is 0 Å². The van der Waals surface area contributed by atoms with Gasteiger partial charge in [0, 0.05) is 17.6 Å². The number of nitrogens with two attached hydrogens (primary N) is 1. The molecule has 2 aromatic heterocycles. The molecule has 1 aliphatic rings. The molecule has 2 amide bonds. The lowest BCUT2D eigenvalue weighted by Crippen LogP contribution is -2.24. The summed E-state index contributed by atoms with van der Waals surface area (Å²) in [7, 11) is 0. The van der Waals surface area contributed by atoms with Crippen LogP contribution < -0.4 is 16.6 Å². The molecule has 0 unspecified atom stereocenters. The molecule has 118 valence electrons. The summed E-state index contributed by atoms with van der Waals surface area (Å²) >= 11 is 5.90. The molecule has 0 fully saturated rings. The SMILES string of the molecule is Nc1c2c(cc(=O)n1-c1ccc3cnc(Cl)cc3c1)C(=O)NC2=O. The topological polar surface area (TPSA) is 107 Å². The minimum absolute atomic E-state index is 0.00691. The molecule has 24 heavy (non-hydrogen) atoms. The molecular formula is C16H9ClN4O3. The summed E-state index contributed by atoms with van der Waals surface area (Å²) in [5.74, 6) is -1.32. The molecular weight excluding hydrogens is 332 g/mol. The smallest absolute Gasteiger partial charge is 0.262 e. The maximum atomic E-state index is 12.4. The highest BCUT2D eigenvalue weighted by Crippen LogP contribution is 2.25. The zero-order chi connectivity index (χ0) is 17.0. The van der Waals surface area contributed by atoms with Gasteiger partial charge in [-0.25, -0.2) is 4.98 Å². The number of hydrogen-bond donors (Lipinski definition) is 2. The number of pyridine rings is 2. The molecule has 0 saturated carbocycles. The average molecular weight is 341 g/mol. The van der Waals surface area contributed by atoms with Crippen molar-refractivity contribution in [3.8, 4) is 5.69 Å². The van der Waals surface area contributed by atoms with Crippen LogP contribution in [0.2, 0.25) is 5.15 Å². The van der Waals surface area contributed by atoms with Crippen LogP contribution in [-0.4, -0.2) is 21.4 Å². The molecule has 3 aromatic rings. The van der Waals surface area contributed by atoms with E-state index in [-0.39, 0.29) is 16.9 Å². The first-order valence-electron chi connectivity index (χ1n) is 6.92. The Balaban J connectivity index is 2.01. The standard InChI is InChI=1S/C16H9ClN4O3/c17-11-4-8-3-9(2-1-7(8)6-19-11)21-12(22)5-10-13(14(21)18)16(24)20-15(10)23/h1-6H,18H2,(H,20,23,24). The van der Waals surface area contributed by atoms with E-state index in [0.717, 1.165) is 16.8 Å². The van der Waals surface area contributed by atoms with Crippen LogP contribution in [0.25, 0.3) is 16.5 Å². The Bertz CT molecular complexity index is 1120. The Hall–Kier alpha value is -3.19. The van der Waals surface area contributed by atoms with Gasteiger partial charge in [-0.1, -0.05) is 17.7 Å². The molecule has 4 rings (SSSR count). The molecule has 1 aromatic carbocycles. The number of carbonyl (C=O) groups excluding carboxylic acids is 2. The number of hydrogen-bond acceptors (Lipinski definition) is 5. The van der Waals surface area contributed by atoms with E-state index in [9.17, 15) is 14.4 Å². The van der Waals surface area contributed by atoms with Crippen LogP contribution in [0, 0.1) is 0 Å². The molecule has 1 aliphatic heterocycles. The summed E-state index contributed by atoms with van der Waals surface area (Å²) in [5, 5.41) is 4.05. The molecule has 7 nitrogen and oxygen atoms in total. The van der Waals surface area contributed by atoms with Crippen LogP contribution in [0.4, 0.5) is 5.82 Å². The van der Waals surface area contributed by atoms with Gasteiger partial charge in [-0.05, 0) is 23.6 Å². The van der Waals surface area contributed by atoms with Gasteiger partial charge in [0.15, 0.2) is 0 Å². The van der Waals surface area contributed by atoms with E-state index in [4.69, 9.17) is 17.3 Å². The van der Waals surface area contributed by atoms with Gasteiger partial charge in [0.2, 0.25) is 0 Å². The number of anilines is 1. The van der Waals surface area contributed by atoms with E-state index in [0.29, 0.717) is 10.8 Å².